The number of rotatable bonds is 4. The minimum Gasteiger partial charge on any atom is -0.369 e. The summed E-state index contributed by atoms with van der Waals surface area (Å²) in [6, 6.07) is 0. The Hall–Kier alpha value is -0.290. The quantitative estimate of drug-likeness (QED) is 0.902. The van der Waals surface area contributed by atoms with Crippen LogP contribution in [0.2, 0.25) is 0 Å². The summed E-state index contributed by atoms with van der Waals surface area (Å²) in [5.41, 5.74) is 1.23. The molecule has 1 aromatic heterocycles. The predicted molar refractivity (Wildman–Crippen MR) is 80.3 cm³/mol. The van der Waals surface area contributed by atoms with Crippen molar-refractivity contribution in [3.63, 3.8) is 0 Å². The molecule has 0 radical (unpaired) electrons. The van der Waals surface area contributed by atoms with E-state index in [0.29, 0.717) is 11.2 Å². The molecule has 0 bridgehead atoms. The van der Waals surface area contributed by atoms with Gasteiger partial charge in [-0.15, -0.1) is 0 Å². The molecule has 2 aliphatic rings. The van der Waals surface area contributed by atoms with E-state index in [1.807, 2.05) is 11.8 Å². The minimum absolute atomic E-state index is 0.507. The molecule has 3 rings (SSSR count). The van der Waals surface area contributed by atoms with Crippen LogP contribution < -0.4 is 5.32 Å². The second-order valence-electron chi connectivity index (χ2n) is 4.94. The summed E-state index contributed by atoms with van der Waals surface area (Å²) in [6.07, 6.45) is 5.07. The normalized spacial score (nSPS) is 23.3. The number of anilines is 1. The zero-order valence-electron chi connectivity index (χ0n) is 10.6. The molecule has 2 heterocycles. The summed E-state index contributed by atoms with van der Waals surface area (Å²) in [5.74, 6) is 3.93. The van der Waals surface area contributed by atoms with Gasteiger partial charge in [-0.2, -0.15) is 11.8 Å². The van der Waals surface area contributed by atoms with Crippen LogP contribution >= 0.6 is 27.7 Å². The van der Waals surface area contributed by atoms with Crippen molar-refractivity contribution in [3.05, 3.63) is 16.0 Å². The van der Waals surface area contributed by atoms with E-state index >= 15 is 0 Å². The molecular weight excluding hydrogens is 310 g/mol. The third-order valence-electron chi connectivity index (χ3n) is 3.42. The van der Waals surface area contributed by atoms with Gasteiger partial charge in [-0.3, -0.25) is 0 Å². The van der Waals surface area contributed by atoms with E-state index in [2.05, 4.69) is 28.2 Å². The maximum absolute atomic E-state index is 4.84. The molecule has 1 saturated carbocycles. The first kappa shape index (κ1) is 12.7. The first-order valence-electron chi connectivity index (χ1n) is 6.72. The molecule has 1 aliphatic carbocycles. The van der Waals surface area contributed by atoms with Crippen LogP contribution in [-0.2, 0) is 0 Å². The van der Waals surface area contributed by atoms with Crippen molar-refractivity contribution < 1.29 is 0 Å². The van der Waals surface area contributed by atoms with Crippen LogP contribution in [0.3, 0.4) is 0 Å². The molecular formula is C13H18BrN3S. The van der Waals surface area contributed by atoms with Crippen molar-refractivity contribution in [3.8, 4) is 0 Å². The topological polar surface area (TPSA) is 37.8 Å². The molecule has 2 fully saturated rings. The predicted octanol–water partition coefficient (Wildman–Crippen LogP) is 4.12. The van der Waals surface area contributed by atoms with Crippen molar-refractivity contribution in [2.45, 2.75) is 43.8 Å². The second-order valence-corrected chi connectivity index (χ2v) is 7.04. The Morgan fingerprint density at radius 3 is 2.78 bits per heavy atom. The van der Waals surface area contributed by atoms with E-state index in [1.165, 1.54) is 37.1 Å². The molecule has 3 nitrogen and oxygen atoms in total. The molecule has 18 heavy (non-hydrogen) atoms. The fraction of sp³-hybridized carbons (Fsp3) is 0.692. The molecule has 1 aliphatic heterocycles. The number of thioether (sulfide) groups is 1. The Balaban J connectivity index is 1.97. The lowest BCUT2D eigenvalue weighted by atomic mass is 10.2. The van der Waals surface area contributed by atoms with Crippen LogP contribution in [-0.4, -0.2) is 22.3 Å². The lowest BCUT2D eigenvalue weighted by Gasteiger charge is -2.14. The SMILES string of the molecule is CCNc1nc(C2CCCS2)nc(C2CC2)c1Br. The molecule has 1 aromatic rings. The van der Waals surface area contributed by atoms with Crippen LogP contribution in [0.4, 0.5) is 5.82 Å². The molecule has 98 valence electrons. The molecule has 0 amide bonds. The van der Waals surface area contributed by atoms with Crippen LogP contribution in [0.25, 0.3) is 0 Å². The van der Waals surface area contributed by atoms with Gasteiger partial charge in [0, 0.05) is 12.5 Å². The van der Waals surface area contributed by atoms with Crippen LogP contribution in [0.15, 0.2) is 4.47 Å². The van der Waals surface area contributed by atoms with Gasteiger partial charge in [-0.05, 0) is 54.3 Å². The summed E-state index contributed by atoms with van der Waals surface area (Å²) in [5, 5.41) is 3.86. The van der Waals surface area contributed by atoms with Gasteiger partial charge in [-0.1, -0.05) is 0 Å². The Bertz CT molecular complexity index is 442. The minimum atomic E-state index is 0.507. The highest BCUT2D eigenvalue weighted by Gasteiger charge is 2.31. The Labute approximate surface area is 121 Å². The van der Waals surface area contributed by atoms with Crippen molar-refractivity contribution >= 4 is 33.5 Å². The van der Waals surface area contributed by atoms with Crippen molar-refractivity contribution in [2.75, 3.05) is 17.6 Å². The molecule has 1 atom stereocenters. The monoisotopic (exact) mass is 327 g/mol. The summed E-state index contributed by atoms with van der Waals surface area (Å²) in [4.78, 5) is 9.57. The van der Waals surface area contributed by atoms with E-state index in [4.69, 9.17) is 9.97 Å². The van der Waals surface area contributed by atoms with Crippen molar-refractivity contribution in [1.29, 1.82) is 0 Å². The van der Waals surface area contributed by atoms with E-state index in [-0.39, 0.29) is 0 Å². The van der Waals surface area contributed by atoms with Crippen LogP contribution in [0.1, 0.15) is 55.3 Å². The van der Waals surface area contributed by atoms with Crippen LogP contribution in [0, 0.1) is 0 Å². The number of nitrogens with one attached hydrogen (secondary N) is 1. The lowest BCUT2D eigenvalue weighted by molar-refractivity contribution is 0.762. The highest BCUT2D eigenvalue weighted by molar-refractivity contribution is 9.10. The highest BCUT2D eigenvalue weighted by Crippen LogP contribution is 2.46. The number of hydrogen-bond acceptors (Lipinski definition) is 4. The average molecular weight is 328 g/mol. The van der Waals surface area contributed by atoms with E-state index in [0.717, 1.165) is 22.7 Å². The van der Waals surface area contributed by atoms with E-state index < -0.39 is 0 Å². The Morgan fingerprint density at radius 2 is 2.17 bits per heavy atom. The van der Waals surface area contributed by atoms with Crippen LogP contribution in [0.5, 0.6) is 0 Å². The smallest absolute Gasteiger partial charge is 0.144 e. The first-order valence-corrected chi connectivity index (χ1v) is 8.56. The van der Waals surface area contributed by atoms with Crippen molar-refractivity contribution in [1.82, 2.24) is 9.97 Å². The highest BCUT2D eigenvalue weighted by atomic mass is 79.9. The number of aromatic nitrogens is 2. The zero-order chi connectivity index (χ0) is 12.5. The molecule has 0 aromatic carbocycles. The van der Waals surface area contributed by atoms with Crippen molar-refractivity contribution in [2.24, 2.45) is 0 Å². The second kappa shape index (κ2) is 5.37. The number of hydrogen-bond donors (Lipinski definition) is 1. The molecule has 1 N–H and O–H groups in total. The molecule has 5 heteroatoms. The lowest BCUT2D eigenvalue weighted by Crippen LogP contribution is -2.09. The van der Waals surface area contributed by atoms with Gasteiger partial charge in [0.25, 0.3) is 0 Å². The fourth-order valence-corrected chi connectivity index (χ4v) is 4.17. The summed E-state index contributed by atoms with van der Waals surface area (Å²) >= 11 is 5.67. The van der Waals surface area contributed by atoms with Gasteiger partial charge in [0.05, 0.1) is 15.4 Å². The largest absolute Gasteiger partial charge is 0.369 e. The molecule has 1 unspecified atom stereocenters. The van der Waals surface area contributed by atoms with E-state index in [9.17, 15) is 0 Å². The molecule has 1 saturated heterocycles. The fourth-order valence-electron chi connectivity index (χ4n) is 2.32. The molecule has 0 spiro atoms. The third kappa shape index (κ3) is 2.52. The van der Waals surface area contributed by atoms with Gasteiger partial charge < -0.3 is 5.32 Å². The maximum atomic E-state index is 4.84. The van der Waals surface area contributed by atoms with Gasteiger partial charge in [-0.25, -0.2) is 9.97 Å². The van der Waals surface area contributed by atoms with Gasteiger partial charge in [0.1, 0.15) is 11.6 Å². The Morgan fingerprint density at radius 1 is 1.33 bits per heavy atom. The average Bonchev–Trinajstić information content (AvgIpc) is 3.06. The maximum Gasteiger partial charge on any atom is 0.144 e. The van der Waals surface area contributed by atoms with Gasteiger partial charge in [0.15, 0.2) is 0 Å². The first-order chi connectivity index (χ1) is 8.79. The Kier molecular flexibility index (Phi) is 3.80. The zero-order valence-corrected chi connectivity index (χ0v) is 13.0. The number of nitrogens with zero attached hydrogens (tertiary/aromatic N) is 2. The third-order valence-corrected chi connectivity index (χ3v) is 5.58. The van der Waals surface area contributed by atoms with Gasteiger partial charge in [0.2, 0.25) is 0 Å². The summed E-state index contributed by atoms with van der Waals surface area (Å²) in [7, 11) is 0. The number of halogens is 1. The van der Waals surface area contributed by atoms with E-state index in [1.54, 1.807) is 0 Å². The standard InChI is InChI=1S/C13H18BrN3S/c1-2-15-13-10(14)11(8-5-6-8)16-12(17-13)9-4-3-7-18-9/h8-9H,2-7H2,1H3,(H,15,16,17). The summed E-state index contributed by atoms with van der Waals surface area (Å²) in [6.45, 7) is 3.01. The summed E-state index contributed by atoms with van der Waals surface area (Å²) < 4.78 is 1.08. The van der Waals surface area contributed by atoms with Gasteiger partial charge >= 0.3 is 0 Å².